The minimum atomic E-state index is -0.131. The van der Waals surface area contributed by atoms with Gasteiger partial charge in [0.05, 0.1) is 5.52 Å². The van der Waals surface area contributed by atoms with Gasteiger partial charge >= 0.3 is 0 Å². The van der Waals surface area contributed by atoms with Crippen LogP contribution in [0.1, 0.15) is 31.7 Å². The van der Waals surface area contributed by atoms with E-state index >= 15 is 0 Å². The fourth-order valence-electron chi connectivity index (χ4n) is 5.41. The van der Waals surface area contributed by atoms with Gasteiger partial charge in [0.25, 0.3) is 0 Å². The Balaban J connectivity index is 1.08. The van der Waals surface area contributed by atoms with E-state index < -0.39 is 0 Å². The molecular weight excluding hydrogens is 429 g/mol. The van der Waals surface area contributed by atoms with Crippen molar-refractivity contribution in [3.8, 4) is 0 Å². The highest BCUT2D eigenvalue weighted by atomic mass is 35.5. The molecule has 9 heteroatoms. The molecule has 1 aliphatic carbocycles. The van der Waals surface area contributed by atoms with Crippen molar-refractivity contribution in [2.24, 2.45) is 0 Å². The number of aromatic nitrogens is 5. The van der Waals surface area contributed by atoms with Gasteiger partial charge in [-0.25, -0.2) is 4.39 Å². The van der Waals surface area contributed by atoms with Crippen LogP contribution < -0.4 is 4.90 Å². The van der Waals surface area contributed by atoms with Crippen LogP contribution in [-0.4, -0.2) is 61.5 Å². The zero-order valence-corrected chi connectivity index (χ0v) is 18.5. The van der Waals surface area contributed by atoms with Gasteiger partial charge in [-0.2, -0.15) is 4.52 Å². The summed E-state index contributed by atoms with van der Waals surface area (Å²) in [5, 5.41) is 13.5. The quantitative estimate of drug-likeness (QED) is 0.466. The van der Waals surface area contributed by atoms with Crippen molar-refractivity contribution in [2.75, 3.05) is 31.1 Å². The highest BCUT2D eigenvalue weighted by molar-refractivity contribution is 6.28. The Labute approximate surface area is 190 Å². The van der Waals surface area contributed by atoms with Crippen molar-refractivity contribution >= 4 is 34.0 Å². The molecule has 2 aliphatic rings. The first-order valence-corrected chi connectivity index (χ1v) is 11.7. The zero-order chi connectivity index (χ0) is 21.7. The lowest BCUT2D eigenvalue weighted by molar-refractivity contribution is 0.131. The van der Waals surface area contributed by atoms with Crippen LogP contribution in [0.5, 0.6) is 0 Å². The monoisotopic (exact) mass is 453 g/mol. The molecule has 0 amide bonds. The molecule has 0 bridgehead atoms. The van der Waals surface area contributed by atoms with Crippen molar-refractivity contribution < 1.29 is 4.39 Å². The molecule has 4 heterocycles. The summed E-state index contributed by atoms with van der Waals surface area (Å²) in [7, 11) is 0. The third-order valence-electron chi connectivity index (χ3n) is 7.13. The molecular formula is C23H25ClFN7. The van der Waals surface area contributed by atoms with Crippen LogP contribution in [0.4, 0.5) is 10.2 Å². The second kappa shape index (κ2) is 8.01. The van der Waals surface area contributed by atoms with E-state index in [2.05, 4.69) is 35.9 Å². The first kappa shape index (κ1) is 19.9. The smallest absolute Gasteiger partial charge is 0.246 e. The van der Waals surface area contributed by atoms with Gasteiger partial charge in [-0.15, -0.1) is 15.3 Å². The number of fused-ring (bicyclic) bond motifs is 2. The van der Waals surface area contributed by atoms with Crippen molar-refractivity contribution in [3.63, 3.8) is 0 Å². The van der Waals surface area contributed by atoms with E-state index in [1.54, 1.807) is 4.52 Å². The second-order valence-electron chi connectivity index (χ2n) is 8.81. The molecule has 3 aromatic heterocycles. The van der Waals surface area contributed by atoms with Gasteiger partial charge in [0.15, 0.2) is 5.65 Å². The lowest BCUT2D eigenvalue weighted by atomic mass is 9.89. The Hall–Kier alpha value is -2.71. The SMILES string of the molecule is Fc1cccc2c1ccn2[C@H]1CC[C@@H](N2CCN(c3ccc4nnc(Cl)n4n3)CC2)CC1. The van der Waals surface area contributed by atoms with Crippen LogP contribution in [0.15, 0.2) is 42.6 Å². The van der Waals surface area contributed by atoms with Crippen LogP contribution in [0.3, 0.4) is 0 Å². The van der Waals surface area contributed by atoms with E-state index in [-0.39, 0.29) is 11.1 Å². The summed E-state index contributed by atoms with van der Waals surface area (Å²) >= 11 is 6.08. The maximum atomic E-state index is 14.1. The Morgan fingerprint density at radius 3 is 2.47 bits per heavy atom. The molecule has 1 aliphatic heterocycles. The number of halogens is 2. The Bertz CT molecular complexity index is 1250. The van der Waals surface area contributed by atoms with E-state index in [0.717, 1.165) is 55.7 Å². The number of nitrogens with zero attached hydrogens (tertiary/aromatic N) is 7. The van der Waals surface area contributed by atoms with Crippen LogP contribution in [-0.2, 0) is 0 Å². The largest absolute Gasteiger partial charge is 0.353 e. The highest BCUT2D eigenvalue weighted by Gasteiger charge is 2.29. The number of hydrogen-bond donors (Lipinski definition) is 0. The topological polar surface area (TPSA) is 54.5 Å². The van der Waals surface area contributed by atoms with Crippen molar-refractivity contribution in [3.05, 3.63) is 53.7 Å². The van der Waals surface area contributed by atoms with Crippen LogP contribution in [0.2, 0.25) is 5.28 Å². The van der Waals surface area contributed by atoms with Gasteiger partial charge in [0.2, 0.25) is 5.28 Å². The number of piperazine rings is 1. The number of benzene rings is 1. The standard InChI is InChI=1S/C23H25ClFN7/c24-23-27-26-21-8-9-22(28-32(21)23)30-14-12-29(13-15-30)16-4-6-17(7-5-16)31-11-10-18-19(25)2-1-3-20(18)31/h1-3,8-11,16-17H,4-7,12-15H2/t16-,17+. The molecule has 7 nitrogen and oxygen atoms in total. The van der Waals surface area contributed by atoms with Crippen LogP contribution in [0.25, 0.3) is 16.6 Å². The first-order valence-electron chi connectivity index (χ1n) is 11.3. The number of anilines is 1. The van der Waals surface area contributed by atoms with E-state index in [9.17, 15) is 4.39 Å². The van der Waals surface area contributed by atoms with E-state index in [4.69, 9.17) is 11.6 Å². The summed E-state index contributed by atoms with van der Waals surface area (Å²) in [6.45, 7) is 3.95. The van der Waals surface area contributed by atoms with E-state index in [1.165, 1.54) is 18.9 Å². The third-order valence-corrected chi connectivity index (χ3v) is 7.37. The summed E-state index contributed by atoms with van der Waals surface area (Å²) in [5.74, 6) is 0.780. The van der Waals surface area contributed by atoms with E-state index in [0.29, 0.717) is 17.7 Å². The molecule has 166 valence electrons. The molecule has 0 radical (unpaired) electrons. The fraction of sp³-hybridized carbons (Fsp3) is 0.435. The first-order chi connectivity index (χ1) is 15.7. The molecule has 1 aromatic carbocycles. The van der Waals surface area contributed by atoms with Gasteiger partial charge in [0, 0.05) is 49.8 Å². The maximum Gasteiger partial charge on any atom is 0.246 e. The molecule has 0 N–H and O–H groups in total. The molecule has 0 spiro atoms. The summed E-state index contributed by atoms with van der Waals surface area (Å²) < 4.78 is 17.9. The number of hydrogen-bond acceptors (Lipinski definition) is 5. The zero-order valence-electron chi connectivity index (χ0n) is 17.7. The molecule has 0 unspecified atom stereocenters. The summed E-state index contributed by atoms with van der Waals surface area (Å²) in [6, 6.07) is 12.3. The molecule has 4 aromatic rings. The maximum absolute atomic E-state index is 14.1. The van der Waals surface area contributed by atoms with Gasteiger partial charge in [-0.05, 0) is 67.6 Å². The predicted molar refractivity (Wildman–Crippen MR) is 123 cm³/mol. The average Bonchev–Trinajstić information content (AvgIpc) is 3.44. The molecule has 32 heavy (non-hydrogen) atoms. The second-order valence-corrected chi connectivity index (χ2v) is 9.15. The Morgan fingerprint density at radius 2 is 1.66 bits per heavy atom. The Morgan fingerprint density at radius 1 is 0.875 bits per heavy atom. The van der Waals surface area contributed by atoms with Gasteiger partial charge in [-0.1, -0.05) is 6.07 Å². The van der Waals surface area contributed by atoms with Gasteiger partial charge in [0.1, 0.15) is 11.6 Å². The normalized spacial score (nSPS) is 22.8. The van der Waals surface area contributed by atoms with Crippen molar-refractivity contribution in [1.82, 2.24) is 29.3 Å². The third kappa shape index (κ3) is 3.42. The van der Waals surface area contributed by atoms with Crippen molar-refractivity contribution in [2.45, 2.75) is 37.8 Å². The van der Waals surface area contributed by atoms with Crippen molar-refractivity contribution in [1.29, 1.82) is 0 Å². The fourth-order valence-corrected chi connectivity index (χ4v) is 5.57. The summed E-state index contributed by atoms with van der Waals surface area (Å²) in [4.78, 5) is 4.93. The Kier molecular flexibility index (Phi) is 4.99. The van der Waals surface area contributed by atoms with Gasteiger partial charge < -0.3 is 9.47 Å². The summed E-state index contributed by atoms with van der Waals surface area (Å²) in [6.07, 6.45) is 6.69. The average molecular weight is 454 g/mol. The van der Waals surface area contributed by atoms with Crippen LogP contribution in [0, 0.1) is 5.82 Å². The van der Waals surface area contributed by atoms with Gasteiger partial charge in [-0.3, -0.25) is 4.90 Å². The molecule has 0 atom stereocenters. The van der Waals surface area contributed by atoms with Crippen LogP contribution >= 0.6 is 11.6 Å². The molecule has 1 saturated heterocycles. The molecule has 1 saturated carbocycles. The molecule has 6 rings (SSSR count). The highest BCUT2D eigenvalue weighted by Crippen LogP contribution is 2.34. The summed E-state index contributed by atoms with van der Waals surface area (Å²) in [5.41, 5.74) is 1.67. The minimum absolute atomic E-state index is 0.131. The minimum Gasteiger partial charge on any atom is -0.353 e. The number of rotatable bonds is 3. The lowest BCUT2D eigenvalue weighted by Gasteiger charge is -2.42. The lowest BCUT2D eigenvalue weighted by Crippen LogP contribution is -2.51. The predicted octanol–water partition coefficient (Wildman–Crippen LogP) is 4.18. The van der Waals surface area contributed by atoms with E-state index in [1.807, 2.05) is 30.3 Å². The molecule has 2 fully saturated rings.